The number of aromatic nitrogens is 1. The van der Waals surface area contributed by atoms with Crippen molar-refractivity contribution in [1.82, 2.24) is 10.3 Å². The Bertz CT molecular complexity index is 904. The lowest BCUT2D eigenvalue weighted by atomic mass is 9.89. The van der Waals surface area contributed by atoms with Crippen LogP contribution in [0.4, 0.5) is 0 Å². The van der Waals surface area contributed by atoms with E-state index < -0.39 is 0 Å². The maximum absolute atomic E-state index is 12.4. The molecule has 0 bridgehead atoms. The van der Waals surface area contributed by atoms with Crippen LogP contribution in [0, 0.1) is 5.41 Å². The van der Waals surface area contributed by atoms with Gasteiger partial charge in [0, 0.05) is 36.0 Å². The van der Waals surface area contributed by atoms with Crippen molar-refractivity contribution in [2.45, 2.75) is 33.1 Å². The number of para-hydroxylation sites is 1. The molecule has 0 spiro atoms. The number of nitrogens with one attached hydrogen (secondary N) is 2. The number of hydrogen-bond acceptors (Lipinski definition) is 2. The molecule has 1 aromatic heterocycles. The topological polar surface area (TPSA) is 54.1 Å². The second kappa shape index (κ2) is 7.87. The molecule has 27 heavy (non-hydrogen) atoms. The fourth-order valence-corrected chi connectivity index (χ4v) is 3.39. The first kappa shape index (κ1) is 19.0. The van der Waals surface area contributed by atoms with Crippen LogP contribution in [0.5, 0.6) is 5.75 Å². The van der Waals surface area contributed by atoms with Gasteiger partial charge >= 0.3 is 0 Å². The van der Waals surface area contributed by atoms with Crippen molar-refractivity contribution in [3.05, 3.63) is 65.9 Å². The third kappa shape index (κ3) is 4.70. The van der Waals surface area contributed by atoms with Gasteiger partial charge in [0.2, 0.25) is 5.91 Å². The molecular weight excluding hydrogens is 336 g/mol. The highest BCUT2D eigenvalue weighted by Crippen LogP contribution is 2.31. The summed E-state index contributed by atoms with van der Waals surface area (Å²) in [5, 5.41) is 4.32. The van der Waals surface area contributed by atoms with Gasteiger partial charge in [-0.2, -0.15) is 0 Å². The Morgan fingerprint density at radius 2 is 1.81 bits per heavy atom. The van der Waals surface area contributed by atoms with Crippen LogP contribution in [0.25, 0.3) is 10.9 Å². The quantitative estimate of drug-likeness (QED) is 0.656. The molecule has 2 N–H and O–H groups in total. The van der Waals surface area contributed by atoms with Crippen molar-refractivity contribution in [3.63, 3.8) is 0 Å². The molecule has 1 atom stereocenters. The van der Waals surface area contributed by atoms with E-state index in [2.05, 4.69) is 61.5 Å². The molecule has 3 rings (SSSR count). The summed E-state index contributed by atoms with van der Waals surface area (Å²) in [5.74, 6) is 0.977. The average Bonchev–Trinajstić information content (AvgIpc) is 3.05. The van der Waals surface area contributed by atoms with E-state index in [0.717, 1.165) is 16.8 Å². The summed E-state index contributed by atoms with van der Waals surface area (Å²) in [5.41, 5.74) is 3.41. The van der Waals surface area contributed by atoms with Gasteiger partial charge in [-0.05, 0) is 34.7 Å². The number of amides is 1. The summed E-state index contributed by atoms with van der Waals surface area (Å²) in [4.78, 5) is 15.7. The van der Waals surface area contributed by atoms with E-state index in [1.165, 1.54) is 10.9 Å². The van der Waals surface area contributed by atoms with E-state index >= 15 is 0 Å². The Labute approximate surface area is 160 Å². The molecule has 0 aliphatic heterocycles. The normalized spacial score (nSPS) is 12.7. The fraction of sp³-hybridized carbons (Fsp3) is 0.348. The van der Waals surface area contributed by atoms with E-state index in [4.69, 9.17) is 4.74 Å². The SMILES string of the molecule is COc1ccc(C(CNC(=O)CC(C)(C)C)c2c[nH]c3ccccc23)cc1. The molecule has 0 aliphatic rings. The van der Waals surface area contributed by atoms with Crippen molar-refractivity contribution in [2.75, 3.05) is 13.7 Å². The third-order valence-electron chi connectivity index (χ3n) is 4.71. The lowest BCUT2D eigenvalue weighted by Gasteiger charge is -2.21. The third-order valence-corrected chi connectivity index (χ3v) is 4.71. The molecular formula is C23H28N2O2. The molecule has 1 heterocycles. The molecule has 3 aromatic rings. The van der Waals surface area contributed by atoms with E-state index in [-0.39, 0.29) is 17.2 Å². The largest absolute Gasteiger partial charge is 0.497 e. The minimum absolute atomic E-state index is 0.0273. The van der Waals surface area contributed by atoms with E-state index in [9.17, 15) is 4.79 Å². The number of rotatable bonds is 6. The number of ether oxygens (including phenoxy) is 1. The van der Waals surface area contributed by atoms with Gasteiger partial charge in [0.05, 0.1) is 7.11 Å². The lowest BCUT2D eigenvalue weighted by Crippen LogP contribution is -2.31. The van der Waals surface area contributed by atoms with Crippen molar-refractivity contribution in [2.24, 2.45) is 5.41 Å². The minimum atomic E-state index is -0.0273. The van der Waals surface area contributed by atoms with Crippen LogP contribution in [-0.4, -0.2) is 24.5 Å². The second-order valence-electron chi connectivity index (χ2n) is 8.16. The summed E-state index contributed by atoms with van der Waals surface area (Å²) in [6.45, 7) is 6.79. The van der Waals surface area contributed by atoms with Crippen LogP contribution in [0.3, 0.4) is 0 Å². The van der Waals surface area contributed by atoms with E-state index in [0.29, 0.717) is 13.0 Å². The first-order valence-corrected chi connectivity index (χ1v) is 9.34. The second-order valence-corrected chi connectivity index (χ2v) is 8.16. The number of hydrogen-bond donors (Lipinski definition) is 2. The standard InChI is InChI=1S/C23H28N2O2/c1-23(2,3)13-22(26)25-14-19(16-9-11-17(27-4)12-10-16)20-15-24-21-8-6-5-7-18(20)21/h5-12,15,19,24H,13-14H2,1-4H3,(H,25,26). The highest BCUT2D eigenvalue weighted by molar-refractivity contribution is 5.84. The number of aromatic amines is 1. The van der Waals surface area contributed by atoms with Gasteiger partial charge in [0.25, 0.3) is 0 Å². The number of carbonyl (C=O) groups excluding carboxylic acids is 1. The Hall–Kier alpha value is -2.75. The Kier molecular flexibility index (Phi) is 5.54. The fourth-order valence-electron chi connectivity index (χ4n) is 3.39. The van der Waals surface area contributed by atoms with Crippen LogP contribution in [-0.2, 0) is 4.79 Å². The first-order chi connectivity index (χ1) is 12.9. The number of methoxy groups -OCH3 is 1. The van der Waals surface area contributed by atoms with Gasteiger partial charge in [-0.1, -0.05) is 51.1 Å². The van der Waals surface area contributed by atoms with Crippen molar-refractivity contribution < 1.29 is 9.53 Å². The highest BCUT2D eigenvalue weighted by Gasteiger charge is 2.21. The molecule has 142 valence electrons. The zero-order valence-electron chi connectivity index (χ0n) is 16.5. The number of carbonyl (C=O) groups is 1. The number of benzene rings is 2. The predicted molar refractivity (Wildman–Crippen MR) is 110 cm³/mol. The van der Waals surface area contributed by atoms with Crippen LogP contribution >= 0.6 is 0 Å². The zero-order valence-corrected chi connectivity index (χ0v) is 16.5. The van der Waals surface area contributed by atoms with E-state index in [1.807, 2.05) is 24.3 Å². The molecule has 1 amide bonds. The molecule has 0 saturated heterocycles. The lowest BCUT2D eigenvalue weighted by molar-refractivity contribution is -0.122. The number of fused-ring (bicyclic) bond motifs is 1. The molecule has 4 nitrogen and oxygen atoms in total. The van der Waals surface area contributed by atoms with Gasteiger partial charge in [-0.25, -0.2) is 0 Å². The van der Waals surface area contributed by atoms with Crippen LogP contribution in [0.15, 0.2) is 54.7 Å². The summed E-state index contributed by atoms with van der Waals surface area (Å²) < 4.78 is 5.29. The van der Waals surface area contributed by atoms with Crippen molar-refractivity contribution in [3.8, 4) is 5.75 Å². The Balaban J connectivity index is 1.90. The summed E-state index contributed by atoms with van der Waals surface area (Å²) in [7, 11) is 1.67. The molecule has 0 saturated carbocycles. The van der Waals surface area contributed by atoms with Gasteiger partial charge in [0.1, 0.15) is 5.75 Å². The molecule has 0 fully saturated rings. The van der Waals surface area contributed by atoms with Crippen LogP contribution in [0.2, 0.25) is 0 Å². The van der Waals surface area contributed by atoms with Crippen molar-refractivity contribution in [1.29, 1.82) is 0 Å². The van der Waals surface area contributed by atoms with Gasteiger partial charge in [-0.3, -0.25) is 4.79 Å². The van der Waals surface area contributed by atoms with E-state index in [1.54, 1.807) is 7.11 Å². The first-order valence-electron chi connectivity index (χ1n) is 9.34. The molecule has 2 aromatic carbocycles. The van der Waals surface area contributed by atoms with Crippen molar-refractivity contribution >= 4 is 16.8 Å². The van der Waals surface area contributed by atoms with Gasteiger partial charge < -0.3 is 15.0 Å². The Morgan fingerprint density at radius 3 is 2.48 bits per heavy atom. The molecule has 4 heteroatoms. The smallest absolute Gasteiger partial charge is 0.220 e. The summed E-state index contributed by atoms with van der Waals surface area (Å²) >= 11 is 0. The highest BCUT2D eigenvalue weighted by atomic mass is 16.5. The molecule has 0 radical (unpaired) electrons. The monoisotopic (exact) mass is 364 g/mol. The molecule has 1 unspecified atom stereocenters. The molecule has 0 aliphatic carbocycles. The maximum atomic E-state index is 12.4. The predicted octanol–water partition coefficient (Wildman–Crippen LogP) is 4.86. The maximum Gasteiger partial charge on any atom is 0.220 e. The summed E-state index contributed by atoms with van der Waals surface area (Å²) in [6, 6.07) is 16.3. The van der Waals surface area contributed by atoms with Crippen LogP contribution < -0.4 is 10.1 Å². The zero-order chi connectivity index (χ0) is 19.4. The van der Waals surface area contributed by atoms with Gasteiger partial charge in [0.15, 0.2) is 0 Å². The van der Waals surface area contributed by atoms with Gasteiger partial charge in [-0.15, -0.1) is 0 Å². The minimum Gasteiger partial charge on any atom is -0.497 e. The Morgan fingerprint density at radius 1 is 1.11 bits per heavy atom. The summed E-state index contributed by atoms with van der Waals surface area (Å²) in [6.07, 6.45) is 2.56. The average molecular weight is 364 g/mol. The van der Waals surface area contributed by atoms with Crippen LogP contribution in [0.1, 0.15) is 44.2 Å². The number of H-pyrrole nitrogens is 1.